The highest BCUT2D eigenvalue weighted by Gasteiger charge is 2.50. The molecule has 8 heteroatoms. The number of anilines is 1. The summed E-state index contributed by atoms with van der Waals surface area (Å²) in [6, 6.07) is 22.8. The molecule has 7 nitrogen and oxygen atoms in total. The molecule has 0 bridgehead atoms. The van der Waals surface area contributed by atoms with E-state index in [1.165, 1.54) is 0 Å². The summed E-state index contributed by atoms with van der Waals surface area (Å²) in [5.41, 5.74) is 0.701. The van der Waals surface area contributed by atoms with Crippen LogP contribution in [0, 0.1) is 0 Å². The van der Waals surface area contributed by atoms with Gasteiger partial charge in [-0.25, -0.2) is 4.79 Å². The third-order valence-electron chi connectivity index (χ3n) is 5.38. The van der Waals surface area contributed by atoms with Gasteiger partial charge in [0, 0.05) is 16.3 Å². The SMILES string of the molecule is C[C@@]1(c2ccccc2Cl)NC(=O)N(CC(=O)Nc2ccc(OCc3ccccc3)cc2)C1=O. The quantitative estimate of drug-likeness (QED) is 0.511. The molecule has 33 heavy (non-hydrogen) atoms. The highest BCUT2D eigenvalue weighted by atomic mass is 35.5. The highest BCUT2D eigenvalue weighted by Crippen LogP contribution is 2.33. The molecule has 3 aromatic rings. The van der Waals surface area contributed by atoms with Crippen LogP contribution >= 0.6 is 11.6 Å². The first-order valence-corrected chi connectivity index (χ1v) is 10.7. The van der Waals surface area contributed by atoms with E-state index >= 15 is 0 Å². The fraction of sp³-hybridized carbons (Fsp3) is 0.160. The second-order valence-corrected chi connectivity index (χ2v) is 8.18. The Bertz CT molecular complexity index is 1180. The summed E-state index contributed by atoms with van der Waals surface area (Å²) < 4.78 is 5.73. The molecule has 4 amide bonds. The van der Waals surface area contributed by atoms with Crippen molar-refractivity contribution in [1.82, 2.24) is 10.2 Å². The lowest BCUT2D eigenvalue weighted by Gasteiger charge is -2.23. The van der Waals surface area contributed by atoms with Crippen molar-refractivity contribution in [2.45, 2.75) is 19.1 Å². The zero-order valence-electron chi connectivity index (χ0n) is 17.9. The van der Waals surface area contributed by atoms with Crippen LogP contribution < -0.4 is 15.4 Å². The number of halogens is 1. The molecule has 3 aromatic carbocycles. The van der Waals surface area contributed by atoms with E-state index in [4.69, 9.17) is 16.3 Å². The Balaban J connectivity index is 1.36. The van der Waals surface area contributed by atoms with Crippen molar-refractivity contribution < 1.29 is 19.1 Å². The van der Waals surface area contributed by atoms with Crippen LogP contribution in [0.4, 0.5) is 10.5 Å². The van der Waals surface area contributed by atoms with Crippen molar-refractivity contribution in [3.8, 4) is 5.75 Å². The van der Waals surface area contributed by atoms with Crippen molar-refractivity contribution in [1.29, 1.82) is 0 Å². The first-order valence-electron chi connectivity index (χ1n) is 10.3. The number of hydrogen-bond donors (Lipinski definition) is 2. The van der Waals surface area contributed by atoms with E-state index in [2.05, 4.69) is 10.6 Å². The molecule has 1 aliphatic heterocycles. The fourth-order valence-electron chi connectivity index (χ4n) is 3.61. The van der Waals surface area contributed by atoms with Crippen LogP contribution in [-0.4, -0.2) is 29.3 Å². The number of rotatable bonds is 7. The van der Waals surface area contributed by atoms with Gasteiger partial charge in [0.2, 0.25) is 5.91 Å². The van der Waals surface area contributed by atoms with E-state index in [0.717, 1.165) is 10.5 Å². The van der Waals surface area contributed by atoms with E-state index in [9.17, 15) is 14.4 Å². The minimum Gasteiger partial charge on any atom is -0.489 e. The van der Waals surface area contributed by atoms with Gasteiger partial charge in [-0.1, -0.05) is 60.1 Å². The Kier molecular flexibility index (Phi) is 6.33. The Morgan fingerprint density at radius 3 is 2.36 bits per heavy atom. The third kappa shape index (κ3) is 4.83. The summed E-state index contributed by atoms with van der Waals surface area (Å²) in [5.74, 6) is -0.387. The van der Waals surface area contributed by atoms with Gasteiger partial charge >= 0.3 is 6.03 Å². The number of amides is 4. The Morgan fingerprint density at radius 1 is 1.00 bits per heavy atom. The first kappa shape index (κ1) is 22.4. The molecular formula is C25H22ClN3O4. The molecular weight excluding hydrogens is 442 g/mol. The smallest absolute Gasteiger partial charge is 0.325 e. The van der Waals surface area contributed by atoms with Crippen molar-refractivity contribution in [3.63, 3.8) is 0 Å². The predicted molar refractivity (Wildman–Crippen MR) is 125 cm³/mol. The zero-order chi connectivity index (χ0) is 23.4. The number of urea groups is 1. The molecule has 1 heterocycles. The van der Waals surface area contributed by atoms with Gasteiger partial charge in [0.25, 0.3) is 5.91 Å². The van der Waals surface area contributed by atoms with E-state index < -0.39 is 29.9 Å². The van der Waals surface area contributed by atoms with E-state index in [-0.39, 0.29) is 0 Å². The van der Waals surface area contributed by atoms with Gasteiger partial charge in [-0.2, -0.15) is 0 Å². The Labute approximate surface area is 196 Å². The molecule has 0 aromatic heterocycles. The molecule has 1 saturated heterocycles. The van der Waals surface area contributed by atoms with Crippen LogP contribution in [0.5, 0.6) is 5.75 Å². The number of ether oxygens (including phenoxy) is 1. The predicted octanol–water partition coefficient (Wildman–Crippen LogP) is 4.32. The van der Waals surface area contributed by atoms with Gasteiger partial charge in [0.05, 0.1) is 0 Å². The van der Waals surface area contributed by atoms with Crippen LogP contribution in [0.2, 0.25) is 5.02 Å². The highest BCUT2D eigenvalue weighted by molar-refractivity contribution is 6.32. The molecule has 4 rings (SSSR count). The maximum atomic E-state index is 13.0. The maximum absolute atomic E-state index is 13.0. The maximum Gasteiger partial charge on any atom is 0.325 e. The number of nitrogens with zero attached hydrogens (tertiary/aromatic N) is 1. The van der Waals surface area contributed by atoms with E-state index in [0.29, 0.717) is 28.6 Å². The molecule has 0 spiro atoms. The minimum absolute atomic E-state index is 0.356. The second kappa shape index (κ2) is 9.34. The van der Waals surface area contributed by atoms with Gasteiger partial charge in [0.1, 0.15) is 24.4 Å². The molecule has 0 saturated carbocycles. The van der Waals surface area contributed by atoms with Crippen molar-refractivity contribution in [3.05, 3.63) is 95.0 Å². The number of benzene rings is 3. The molecule has 2 N–H and O–H groups in total. The second-order valence-electron chi connectivity index (χ2n) is 7.77. The summed E-state index contributed by atoms with van der Waals surface area (Å²) in [4.78, 5) is 38.9. The largest absolute Gasteiger partial charge is 0.489 e. The summed E-state index contributed by atoms with van der Waals surface area (Å²) in [6.07, 6.45) is 0. The van der Waals surface area contributed by atoms with Crippen LogP contribution in [0.25, 0.3) is 0 Å². The minimum atomic E-state index is -1.34. The average molecular weight is 464 g/mol. The van der Waals surface area contributed by atoms with Crippen LogP contribution in [-0.2, 0) is 21.7 Å². The lowest BCUT2D eigenvalue weighted by molar-refractivity contribution is -0.133. The summed E-state index contributed by atoms with van der Waals surface area (Å²) >= 11 is 6.23. The molecule has 0 unspecified atom stereocenters. The summed E-state index contributed by atoms with van der Waals surface area (Å²) in [5, 5.41) is 5.70. The van der Waals surface area contributed by atoms with Gasteiger partial charge < -0.3 is 15.4 Å². The number of nitrogens with one attached hydrogen (secondary N) is 2. The van der Waals surface area contributed by atoms with Crippen LogP contribution in [0.3, 0.4) is 0 Å². The molecule has 1 atom stereocenters. The van der Waals surface area contributed by atoms with Gasteiger partial charge in [0.15, 0.2) is 0 Å². The molecule has 1 fully saturated rings. The van der Waals surface area contributed by atoms with Crippen molar-refractivity contribution in [2.75, 3.05) is 11.9 Å². The van der Waals surface area contributed by atoms with E-state index in [1.54, 1.807) is 55.5 Å². The molecule has 0 radical (unpaired) electrons. The van der Waals surface area contributed by atoms with Crippen LogP contribution in [0.15, 0.2) is 78.9 Å². The third-order valence-corrected chi connectivity index (χ3v) is 5.71. The van der Waals surface area contributed by atoms with Crippen molar-refractivity contribution in [2.24, 2.45) is 0 Å². The molecule has 1 aliphatic rings. The number of imide groups is 1. The van der Waals surface area contributed by atoms with Gasteiger partial charge in [-0.15, -0.1) is 0 Å². The monoisotopic (exact) mass is 463 g/mol. The Hall–Kier alpha value is -3.84. The Morgan fingerprint density at radius 2 is 1.67 bits per heavy atom. The zero-order valence-corrected chi connectivity index (χ0v) is 18.6. The molecule has 0 aliphatic carbocycles. The fourth-order valence-corrected chi connectivity index (χ4v) is 3.93. The number of carbonyl (C=O) groups excluding carboxylic acids is 3. The van der Waals surface area contributed by atoms with Gasteiger partial charge in [-0.3, -0.25) is 14.5 Å². The number of hydrogen-bond acceptors (Lipinski definition) is 4. The first-order chi connectivity index (χ1) is 15.9. The van der Waals surface area contributed by atoms with Crippen molar-refractivity contribution >= 4 is 35.1 Å². The lowest BCUT2D eigenvalue weighted by Crippen LogP contribution is -2.42. The average Bonchev–Trinajstić information content (AvgIpc) is 3.03. The summed E-state index contributed by atoms with van der Waals surface area (Å²) in [6.45, 7) is 1.58. The number of carbonyl (C=O) groups is 3. The topological polar surface area (TPSA) is 87.7 Å². The standard InChI is InChI=1S/C25H22ClN3O4/c1-25(20-9-5-6-10-21(20)26)23(31)29(24(32)28-25)15-22(30)27-18-11-13-19(14-12-18)33-16-17-7-3-2-4-8-17/h2-14H,15-16H2,1H3,(H,27,30)(H,28,32)/t25-/m0/s1. The lowest BCUT2D eigenvalue weighted by atomic mass is 9.92. The summed E-state index contributed by atoms with van der Waals surface area (Å²) in [7, 11) is 0. The van der Waals surface area contributed by atoms with E-state index in [1.807, 2.05) is 30.3 Å². The normalized spacial score (nSPS) is 17.6. The van der Waals surface area contributed by atoms with Gasteiger partial charge in [-0.05, 0) is 42.8 Å². The van der Waals surface area contributed by atoms with Crippen LogP contribution in [0.1, 0.15) is 18.1 Å². The molecule has 168 valence electrons.